The first kappa shape index (κ1) is 9.93. The Hall–Kier alpha value is -0.610. The molecule has 0 radical (unpaired) electrons. The maximum absolute atomic E-state index is 11.3. The summed E-state index contributed by atoms with van der Waals surface area (Å²) in [5.41, 5.74) is 0.0527. The molecular weight excluding hydrogens is 182 g/mol. The first-order chi connectivity index (χ1) is 6.76. The molecule has 1 aliphatic heterocycles. The van der Waals surface area contributed by atoms with Crippen molar-refractivity contribution < 1.29 is 14.3 Å². The lowest BCUT2D eigenvalue weighted by Crippen LogP contribution is -2.60. The summed E-state index contributed by atoms with van der Waals surface area (Å²) in [5, 5.41) is 3.38. The Morgan fingerprint density at radius 3 is 2.86 bits per heavy atom. The molecule has 2 rings (SSSR count). The topological polar surface area (TPSA) is 47.6 Å². The number of nitrogens with one attached hydrogen (secondary N) is 1. The van der Waals surface area contributed by atoms with E-state index in [-0.39, 0.29) is 17.6 Å². The second-order valence-electron chi connectivity index (χ2n) is 4.22. The Balaban J connectivity index is 1.99. The van der Waals surface area contributed by atoms with Crippen LogP contribution in [-0.2, 0) is 14.3 Å². The summed E-state index contributed by atoms with van der Waals surface area (Å²) < 4.78 is 10.2. The summed E-state index contributed by atoms with van der Waals surface area (Å²) in [6, 6.07) is -0.271. The van der Waals surface area contributed by atoms with Gasteiger partial charge >= 0.3 is 5.97 Å². The molecule has 1 heterocycles. The predicted molar refractivity (Wildman–Crippen MR) is 51.0 cm³/mol. The molecule has 2 fully saturated rings. The van der Waals surface area contributed by atoms with E-state index in [1.165, 1.54) is 20.0 Å². The molecule has 80 valence electrons. The highest BCUT2D eigenvalue weighted by atomic mass is 16.5. The summed E-state index contributed by atoms with van der Waals surface area (Å²) in [6.07, 6.45) is 4.68. The van der Waals surface area contributed by atoms with Crippen molar-refractivity contribution in [2.24, 2.45) is 0 Å². The number of esters is 1. The number of ether oxygens (including phenoxy) is 2. The summed E-state index contributed by atoms with van der Waals surface area (Å²) in [5.74, 6) is -0.212. The minimum atomic E-state index is -0.271. The second-order valence-corrected chi connectivity index (χ2v) is 4.22. The van der Waals surface area contributed by atoms with E-state index in [9.17, 15) is 4.79 Å². The minimum absolute atomic E-state index is 0.0527. The molecule has 4 nitrogen and oxygen atoms in total. The van der Waals surface area contributed by atoms with Crippen molar-refractivity contribution in [2.75, 3.05) is 20.3 Å². The molecule has 1 N–H and O–H groups in total. The molecule has 1 spiro atoms. The van der Waals surface area contributed by atoms with E-state index < -0.39 is 0 Å². The summed E-state index contributed by atoms with van der Waals surface area (Å²) >= 11 is 0. The minimum Gasteiger partial charge on any atom is -0.468 e. The molecule has 2 aliphatic rings. The third-order valence-corrected chi connectivity index (χ3v) is 3.19. The van der Waals surface area contributed by atoms with Crippen LogP contribution in [0.3, 0.4) is 0 Å². The second kappa shape index (κ2) is 3.87. The van der Waals surface area contributed by atoms with Crippen molar-refractivity contribution >= 4 is 5.97 Å². The number of carbonyl (C=O) groups is 1. The fourth-order valence-corrected chi connectivity index (χ4v) is 2.43. The van der Waals surface area contributed by atoms with E-state index in [1.807, 2.05) is 0 Å². The zero-order valence-corrected chi connectivity index (χ0v) is 8.54. The van der Waals surface area contributed by atoms with Crippen LogP contribution in [-0.4, -0.2) is 37.9 Å². The van der Waals surface area contributed by atoms with Crippen molar-refractivity contribution in [3.63, 3.8) is 0 Å². The van der Waals surface area contributed by atoms with Gasteiger partial charge in [0.2, 0.25) is 0 Å². The molecule has 0 amide bonds. The average molecular weight is 199 g/mol. The van der Waals surface area contributed by atoms with Gasteiger partial charge in [-0.3, -0.25) is 10.1 Å². The van der Waals surface area contributed by atoms with Gasteiger partial charge in [0.1, 0.15) is 6.04 Å². The third kappa shape index (κ3) is 1.77. The highest BCUT2D eigenvalue weighted by Crippen LogP contribution is 2.32. The van der Waals surface area contributed by atoms with Gasteiger partial charge in [-0.15, -0.1) is 0 Å². The fourth-order valence-electron chi connectivity index (χ4n) is 2.43. The van der Waals surface area contributed by atoms with Crippen molar-refractivity contribution in [1.82, 2.24) is 5.32 Å². The van der Waals surface area contributed by atoms with Crippen LogP contribution < -0.4 is 5.32 Å². The van der Waals surface area contributed by atoms with E-state index in [4.69, 9.17) is 9.47 Å². The maximum atomic E-state index is 11.3. The summed E-state index contributed by atoms with van der Waals surface area (Å²) in [4.78, 5) is 11.3. The summed E-state index contributed by atoms with van der Waals surface area (Å²) in [6.45, 7) is 1.18. The van der Waals surface area contributed by atoms with E-state index >= 15 is 0 Å². The molecule has 1 saturated carbocycles. The number of hydrogen-bond donors (Lipinski definition) is 1. The normalized spacial score (nSPS) is 30.5. The molecular formula is C10H17NO3. The first-order valence-electron chi connectivity index (χ1n) is 5.19. The largest absolute Gasteiger partial charge is 0.468 e. The van der Waals surface area contributed by atoms with Gasteiger partial charge < -0.3 is 9.47 Å². The number of rotatable bonds is 1. The van der Waals surface area contributed by atoms with Crippen LogP contribution in [0.15, 0.2) is 0 Å². The lowest BCUT2D eigenvalue weighted by Gasteiger charge is -2.38. The van der Waals surface area contributed by atoms with Crippen LogP contribution in [0, 0.1) is 0 Å². The summed E-state index contributed by atoms with van der Waals surface area (Å²) in [7, 11) is 1.42. The lowest BCUT2D eigenvalue weighted by molar-refractivity contribution is -0.148. The number of morpholine rings is 1. The Morgan fingerprint density at radius 2 is 2.21 bits per heavy atom. The molecule has 1 atom stereocenters. The van der Waals surface area contributed by atoms with Gasteiger partial charge in [0, 0.05) is 5.54 Å². The van der Waals surface area contributed by atoms with E-state index in [0.29, 0.717) is 6.61 Å². The third-order valence-electron chi connectivity index (χ3n) is 3.19. The van der Waals surface area contributed by atoms with Gasteiger partial charge in [-0.05, 0) is 12.8 Å². The number of hydrogen-bond acceptors (Lipinski definition) is 4. The molecule has 0 aromatic carbocycles. The van der Waals surface area contributed by atoms with E-state index in [1.54, 1.807) is 0 Å². The van der Waals surface area contributed by atoms with Gasteiger partial charge in [0.15, 0.2) is 0 Å². The van der Waals surface area contributed by atoms with Crippen LogP contribution >= 0.6 is 0 Å². The highest BCUT2D eigenvalue weighted by molar-refractivity contribution is 5.76. The molecule has 0 aromatic heterocycles. The Kier molecular flexibility index (Phi) is 2.74. The van der Waals surface area contributed by atoms with Gasteiger partial charge in [-0.25, -0.2) is 0 Å². The number of carbonyl (C=O) groups excluding carboxylic acids is 1. The molecule has 14 heavy (non-hydrogen) atoms. The smallest absolute Gasteiger partial charge is 0.325 e. The van der Waals surface area contributed by atoms with Crippen molar-refractivity contribution in [3.05, 3.63) is 0 Å². The first-order valence-corrected chi connectivity index (χ1v) is 5.19. The quantitative estimate of drug-likeness (QED) is 0.623. The van der Waals surface area contributed by atoms with E-state index in [0.717, 1.165) is 19.4 Å². The Bertz CT molecular complexity index is 223. The highest BCUT2D eigenvalue weighted by Gasteiger charge is 2.41. The van der Waals surface area contributed by atoms with E-state index in [2.05, 4.69) is 5.32 Å². The monoisotopic (exact) mass is 199 g/mol. The molecule has 1 unspecified atom stereocenters. The number of methoxy groups -OCH3 is 1. The van der Waals surface area contributed by atoms with Crippen molar-refractivity contribution in [3.8, 4) is 0 Å². The standard InChI is InChI=1S/C10H17NO3/c1-13-9(12)8-6-14-7-10(11-8)4-2-3-5-10/h8,11H,2-7H2,1H3. The van der Waals surface area contributed by atoms with Crippen LogP contribution in [0.5, 0.6) is 0 Å². The zero-order valence-electron chi connectivity index (χ0n) is 8.54. The maximum Gasteiger partial charge on any atom is 0.325 e. The fraction of sp³-hybridized carbons (Fsp3) is 0.900. The van der Waals surface area contributed by atoms with Crippen molar-refractivity contribution in [1.29, 1.82) is 0 Å². The molecule has 4 heteroatoms. The molecule has 0 aromatic rings. The predicted octanol–water partition coefficient (Wildman–Crippen LogP) is 0.461. The molecule has 1 saturated heterocycles. The van der Waals surface area contributed by atoms with Crippen LogP contribution in [0.1, 0.15) is 25.7 Å². The zero-order chi connectivity index (χ0) is 10.0. The van der Waals surface area contributed by atoms with Crippen LogP contribution in [0.2, 0.25) is 0 Å². The Morgan fingerprint density at radius 1 is 1.50 bits per heavy atom. The van der Waals surface area contributed by atoms with Crippen LogP contribution in [0.4, 0.5) is 0 Å². The van der Waals surface area contributed by atoms with Gasteiger partial charge in [0.25, 0.3) is 0 Å². The van der Waals surface area contributed by atoms with Crippen LogP contribution in [0.25, 0.3) is 0 Å². The molecule has 1 aliphatic carbocycles. The van der Waals surface area contributed by atoms with Gasteiger partial charge in [0.05, 0.1) is 20.3 Å². The average Bonchev–Trinajstić information content (AvgIpc) is 2.65. The van der Waals surface area contributed by atoms with Gasteiger partial charge in [-0.2, -0.15) is 0 Å². The Labute approximate surface area is 84.0 Å². The van der Waals surface area contributed by atoms with Gasteiger partial charge in [-0.1, -0.05) is 12.8 Å². The lowest BCUT2D eigenvalue weighted by atomic mass is 9.96. The SMILES string of the molecule is COC(=O)C1COCC2(CCCC2)N1. The van der Waals surface area contributed by atoms with Crippen molar-refractivity contribution in [2.45, 2.75) is 37.3 Å². The molecule has 0 bridgehead atoms.